The smallest absolute Gasteiger partial charge is 0.0471 e. The van der Waals surface area contributed by atoms with E-state index < -0.39 is 0 Å². The number of hydrogen-bond acceptors (Lipinski definition) is 2. The molecule has 2 aromatic rings. The second-order valence-electron chi connectivity index (χ2n) is 4.64. The lowest BCUT2D eigenvalue weighted by atomic mass is 10.1. The van der Waals surface area contributed by atoms with E-state index in [9.17, 15) is 0 Å². The van der Waals surface area contributed by atoms with Crippen molar-refractivity contribution in [3.8, 4) is 0 Å². The number of para-hydroxylation sites is 1. The zero-order chi connectivity index (χ0) is 14.4. The molecule has 0 aliphatic rings. The third kappa shape index (κ3) is 3.53. The Labute approximate surface area is 126 Å². The summed E-state index contributed by atoms with van der Waals surface area (Å²) in [6.07, 6.45) is 0. The average Bonchev–Trinajstić information content (AvgIpc) is 2.48. The fourth-order valence-electron chi connectivity index (χ4n) is 2.23. The Bertz CT molecular complexity index is 540. The minimum Gasteiger partial charge on any atom is -0.342 e. The average molecular weight is 289 g/mol. The van der Waals surface area contributed by atoms with E-state index >= 15 is 0 Å². The molecule has 20 heavy (non-hydrogen) atoms. The molecule has 0 aromatic heterocycles. The van der Waals surface area contributed by atoms with Crippen LogP contribution in [-0.4, -0.2) is 13.1 Å². The normalized spacial score (nSPS) is 10.6. The first-order valence-corrected chi connectivity index (χ1v) is 7.45. The lowest BCUT2D eigenvalue weighted by Gasteiger charge is -2.24. The van der Waals surface area contributed by atoms with Crippen molar-refractivity contribution in [3.05, 3.63) is 59.1 Å². The first kappa shape index (κ1) is 14.9. The molecule has 0 spiro atoms. The predicted octanol–water partition coefficient (Wildman–Crippen LogP) is 4.61. The summed E-state index contributed by atoms with van der Waals surface area (Å²) in [6.45, 7) is 6.91. The SMILES string of the molecule is CCNCc1ccc(N(CC)c2ccccc2)cc1Cl. The molecule has 2 rings (SSSR count). The number of rotatable bonds is 6. The highest BCUT2D eigenvalue weighted by Gasteiger charge is 2.09. The molecule has 3 heteroatoms. The molecule has 0 radical (unpaired) electrons. The van der Waals surface area contributed by atoms with Crippen molar-refractivity contribution in [3.63, 3.8) is 0 Å². The fraction of sp³-hybridized carbons (Fsp3) is 0.294. The van der Waals surface area contributed by atoms with E-state index in [4.69, 9.17) is 11.6 Å². The molecule has 0 aliphatic carbocycles. The highest BCUT2D eigenvalue weighted by Crippen LogP contribution is 2.29. The first-order valence-electron chi connectivity index (χ1n) is 7.08. The largest absolute Gasteiger partial charge is 0.342 e. The number of nitrogens with one attached hydrogen (secondary N) is 1. The van der Waals surface area contributed by atoms with Gasteiger partial charge in [0.1, 0.15) is 0 Å². The van der Waals surface area contributed by atoms with Crippen LogP contribution in [0.5, 0.6) is 0 Å². The summed E-state index contributed by atoms with van der Waals surface area (Å²) in [7, 11) is 0. The monoisotopic (exact) mass is 288 g/mol. The Morgan fingerprint density at radius 3 is 2.35 bits per heavy atom. The van der Waals surface area contributed by atoms with Crippen LogP contribution in [0.25, 0.3) is 0 Å². The molecule has 1 N–H and O–H groups in total. The predicted molar refractivity (Wildman–Crippen MR) is 88.0 cm³/mol. The van der Waals surface area contributed by atoms with Crippen molar-refractivity contribution in [1.82, 2.24) is 5.32 Å². The molecule has 2 nitrogen and oxygen atoms in total. The summed E-state index contributed by atoms with van der Waals surface area (Å²) < 4.78 is 0. The van der Waals surface area contributed by atoms with Gasteiger partial charge in [-0.15, -0.1) is 0 Å². The van der Waals surface area contributed by atoms with Gasteiger partial charge in [0.2, 0.25) is 0 Å². The van der Waals surface area contributed by atoms with E-state index in [0.29, 0.717) is 0 Å². The summed E-state index contributed by atoms with van der Waals surface area (Å²) >= 11 is 6.39. The van der Waals surface area contributed by atoms with E-state index in [2.05, 4.69) is 60.5 Å². The van der Waals surface area contributed by atoms with Crippen LogP contribution in [0.2, 0.25) is 5.02 Å². The maximum absolute atomic E-state index is 6.39. The maximum Gasteiger partial charge on any atom is 0.0471 e. The van der Waals surface area contributed by atoms with E-state index in [-0.39, 0.29) is 0 Å². The van der Waals surface area contributed by atoms with Gasteiger partial charge < -0.3 is 10.2 Å². The van der Waals surface area contributed by atoms with Gasteiger partial charge in [0.05, 0.1) is 0 Å². The Hall–Kier alpha value is -1.51. The van der Waals surface area contributed by atoms with Crippen molar-refractivity contribution < 1.29 is 0 Å². The summed E-state index contributed by atoms with van der Waals surface area (Å²) in [6, 6.07) is 16.7. The highest BCUT2D eigenvalue weighted by molar-refractivity contribution is 6.31. The van der Waals surface area contributed by atoms with Crippen LogP contribution in [0.4, 0.5) is 11.4 Å². The van der Waals surface area contributed by atoms with Gasteiger partial charge in [-0.3, -0.25) is 0 Å². The Kier molecular flexibility index (Phi) is 5.45. The molecule has 2 aromatic carbocycles. The molecular weight excluding hydrogens is 268 g/mol. The van der Waals surface area contributed by atoms with Gasteiger partial charge in [-0.25, -0.2) is 0 Å². The number of halogens is 1. The third-order valence-corrected chi connectivity index (χ3v) is 3.65. The van der Waals surface area contributed by atoms with Gasteiger partial charge in [-0.2, -0.15) is 0 Å². The molecule has 0 saturated heterocycles. The van der Waals surface area contributed by atoms with Gasteiger partial charge in [0.25, 0.3) is 0 Å². The van der Waals surface area contributed by atoms with E-state index in [1.807, 2.05) is 12.1 Å². The standard InChI is InChI=1S/C17H21ClN2/c1-3-19-13-14-10-11-16(12-17(14)18)20(4-2)15-8-6-5-7-9-15/h5-12,19H,3-4,13H2,1-2H3. The molecule has 106 valence electrons. The first-order chi connectivity index (χ1) is 9.76. The topological polar surface area (TPSA) is 15.3 Å². The van der Waals surface area contributed by atoms with Crippen LogP contribution < -0.4 is 10.2 Å². The number of benzene rings is 2. The molecule has 0 aliphatic heterocycles. The zero-order valence-electron chi connectivity index (χ0n) is 12.1. The van der Waals surface area contributed by atoms with Crippen LogP contribution >= 0.6 is 11.6 Å². The molecular formula is C17H21ClN2. The molecule has 0 atom stereocenters. The molecule has 0 saturated carbocycles. The summed E-state index contributed by atoms with van der Waals surface area (Å²) in [5, 5.41) is 4.12. The summed E-state index contributed by atoms with van der Waals surface area (Å²) in [5.74, 6) is 0. The van der Waals surface area contributed by atoms with Crippen LogP contribution in [0.1, 0.15) is 19.4 Å². The summed E-state index contributed by atoms with van der Waals surface area (Å²) in [4.78, 5) is 2.25. The number of nitrogens with zero attached hydrogens (tertiary/aromatic N) is 1. The second kappa shape index (κ2) is 7.32. The molecule has 0 fully saturated rings. The molecule has 0 heterocycles. The van der Waals surface area contributed by atoms with Crippen molar-refractivity contribution in [2.24, 2.45) is 0 Å². The lowest BCUT2D eigenvalue weighted by Crippen LogP contribution is -2.16. The zero-order valence-corrected chi connectivity index (χ0v) is 12.8. The Morgan fingerprint density at radius 1 is 1.00 bits per heavy atom. The maximum atomic E-state index is 6.39. The van der Waals surface area contributed by atoms with Gasteiger partial charge in [-0.1, -0.05) is 42.8 Å². The van der Waals surface area contributed by atoms with Crippen molar-refractivity contribution in [2.75, 3.05) is 18.0 Å². The highest BCUT2D eigenvalue weighted by atomic mass is 35.5. The number of hydrogen-bond donors (Lipinski definition) is 1. The van der Waals surface area contributed by atoms with Crippen molar-refractivity contribution >= 4 is 23.0 Å². The van der Waals surface area contributed by atoms with Crippen molar-refractivity contribution in [1.29, 1.82) is 0 Å². The van der Waals surface area contributed by atoms with Gasteiger partial charge >= 0.3 is 0 Å². The minimum absolute atomic E-state index is 0.813. The van der Waals surface area contributed by atoms with E-state index in [1.54, 1.807) is 0 Å². The second-order valence-corrected chi connectivity index (χ2v) is 5.04. The quantitative estimate of drug-likeness (QED) is 0.835. The molecule has 0 bridgehead atoms. The Morgan fingerprint density at radius 2 is 1.75 bits per heavy atom. The van der Waals surface area contributed by atoms with Crippen LogP contribution in [0.3, 0.4) is 0 Å². The minimum atomic E-state index is 0.813. The van der Waals surface area contributed by atoms with Crippen molar-refractivity contribution in [2.45, 2.75) is 20.4 Å². The van der Waals surface area contributed by atoms with Crippen LogP contribution in [0, 0.1) is 0 Å². The van der Waals surface area contributed by atoms with Crippen LogP contribution in [-0.2, 0) is 6.54 Å². The fourth-order valence-corrected chi connectivity index (χ4v) is 2.47. The van der Waals surface area contributed by atoms with E-state index in [0.717, 1.165) is 35.9 Å². The third-order valence-electron chi connectivity index (χ3n) is 3.30. The molecule has 0 amide bonds. The van der Waals surface area contributed by atoms with Crippen LogP contribution in [0.15, 0.2) is 48.5 Å². The van der Waals surface area contributed by atoms with Gasteiger partial charge in [0.15, 0.2) is 0 Å². The molecule has 0 unspecified atom stereocenters. The summed E-state index contributed by atoms with van der Waals surface area (Å²) in [5.41, 5.74) is 3.45. The Balaban J connectivity index is 2.25. The van der Waals surface area contributed by atoms with Gasteiger partial charge in [-0.05, 0) is 43.3 Å². The number of anilines is 2. The lowest BCUT2D eigenvalue weighted by molar-refractivity contribution is 0.727. The van der Waals surface area contributed by atoms with Gasteiger partial charge in [0, 0.05) is 29.5 Å². The van der Waals surface area contributed by atoms with E-state index in [1.165, 1.54) is 5.69 Å².